The fourth-order valence-electron chi connectivity index (χ4n) is 2.74. The number of hydrogen-bond donors (Lipinski definition) is 1. The van der Waals surface area contributed by atoms with E-state index in [0.717, 1.165) is 22.8 Å². The van der Waals surface area contributed by atoms with Crippen molar-refractivity contribution in [3.8, 4) is 0 Å². The zero-order valence-electron chi connectivity index (χ0n) is 15.4. The third-order valence-corrected chi connectivity index (χ3v) is 4.22. The summed E-state index contributed by atoms with van der Waals surface area (Å²) in [5.74, 6) is -0.437. The number of carbonyl (C=O) groups excluding carboxylic acids is 1. The van der Waals surface area contributed by atoms with Crippen LogP contribution in [0.2, 0.25) is 0 Å². The van der Waals surface area contributed by atoms with Crippen LogP contribution in [0, 0.1) is 13.8 Å². The summed E-state index contributed by atoms with van der Waals surface area (Å²) in [4.78, 5) is 13.8. The Morgan fingerprint density at radius 1 is 1.08 bits per heavy atom. The van der Waals surface area contributed by atoms with Crippen LogP contribution in [-0.2, 0) is 17.4 Å². The molecule has 0 fully saturated rings. The van der Waals surface area contributed by atoms with E-state index in [1.807, 2.05) is 32.0 Å². The largest absolute Gasteiger partial charge is 0.418 e. The number of benzene rings is 2. The summed E-state index contributed by atoms with van der Waals surface area (Å²) in [6.45, 7) is 3.95. The summed E-state index contributed by atoms with van der Waals surface area (Å²) in [5.41, 5.74) is 2.59. The second-order valence-corrected chi connectivity index (χ2v) is 6.60. The van der Waals surface area contributed by atoms with Gasteiger partial charge in [0.15, 0.2) is 0 Å². The number of amides is 1. The second kappa shape index (κ2) is 7.81. The maximum absolute atomic E-state index is 13.3. The van der Waals surface area contributed by atoms with Gasteiger partial charge in [-0.15, -0.1) is 0 Å². The molecule has 2 rings (SSSR count). The van der Waals surface area contributed by atoms with E-state index in [2.05, 4.69) is 5.32 Å². The number of halogens is 3. The number of nitrogens with zero attached hydrogens (tertiary/aromatic N) is 1. The molecular formula is C20H23F3N2O. The Morgan fingerprint density at radius 3 is 2.35 bits per heavy atom. The van der Waals surface area contributed by atoms with Crippen molar-refractivity contribution in [1.82, 2.24) is 0 Å². The number of rotatable bonds is 5. The highest BCUT2D eigenvalue weighted by atomic mass is 19.4. The van der Waals surface area contributed by atoms with Crippen LogP contribution >= 0.6 is 0 Å². The lowest BCUT2D eigenvalue weighted by molar-refractivity contribution is -0.136. The molecule has 0 spiro atoms. The highest BCUT2D eigenvalue weighted by Gasteiger charge is 2.34. The maximum Gasteiger partial charge on any atom is 0.418 e. The molecule has 2 aromatic carbocycles. The van der Waals surface area contributed by atoms with Gasteiger partial charge >= 0.3 is 6.18 Å². The standard InChI is InChI=1S/C20H23F3N2O/c1-13-5-6-15(14(2)11-13)7-10-19(26)24-18-9-8-16(25(3)4)12-17(18)20(21,22)23/h5-6,8-9,11-12H,7,10H2,1-4H3,(H,24,26). The quantitative estimate of drug-likeness (QED) is 0.813. The minimum absolute atomic E-state index is 0.122. The van der Waals surface area contributed by atoms with Gasteiger partial charge in [0, 0.05) is 26.2 Å². The Hall–Kier alpha value is -2.50. The van der Waals surface area contributed by atoms with E-state index in [0.29, 0.717) is 12.1 Å². The zero-order valence-corrected chi connectivity index (χ0v) is 15.4. The minimum Gasteiger partial charge on any atom is -0.378 e. The Labute approximate surface area is 151 Å². The average Bonchev–Trinajstić information content (AvgIpc) is 2.53. The van der Waals surface area contributed by atoms with Crippen LogP contribution in [0.5, 0.6) is 0 Å². The van der Waals surface area contributed by atoms with Crippen LogP contribution in [0.25, 0.3) is 0 Å². The molecule has 0 saturated carbocycles. The van der Waals surface area contributed by atoms with Gasteiger partial charge in [0.25, 0.3) is 0 Å². The van der Waals surface area contributed by atoms with E-state index >= 15 is 0 Å². The van der Waals surface area contributed by atoms with E-state index in [9.17, 15) is 18.0 Å². The molecule has 0 aromatic heterocycles. The third kappa shape index (κ3) is 5.00. The van der Waals surface area contributed by atoms with Gasteiger partial charge < -0.3 is 10.2 Å². The predicted molar refractivity (Wildman–Crippen MR) is 98.6 cm³/mol. The van der Waals surface area contributed by atoms with Gasteiger partial charge in [-0.05, 0) is 49.6 Å². The Kier molecular flexibility index (Phi) is 5.95. The van der Waals surface area contributed by atoms with Crippen molar-refractivity contribution in [2.75, 3.05) is 24.3 Å². The van der Waals surface area contributed by atoms with Gasteiger partial charge in [-0.2, -0.15) is 13.2 Å². The van der Waals surface area contributed by atoms with Crippen molar-refractivity contribution < 1.29 is 18.0 Å². The zero-order chi connectivity index (χ0) is 19.5. The lowest BCUT2D eigenvalue weighted by Crippen LogP contribution is -2.18. The summed E-state index contributed by atoms with van der Waals surface area (Å²) >= 11 is 0. The molecule has 3 nitrogen and oxygen atoms in total. The van der Waals surface area contributed by atoms with Gasteiger partial charge in [-0.3, -0.25) is 4.79 Å². The lowest BCUT2D eigenvalue weighted by atomic mass is 10.0. The number of hydrogen-bond acceptors (Lipinski definition) is 2. The van der Waals surface area contributed by atoms with Crippen molar-refractivity contribution >= 4 is 17.3 Å². The highest BCUT2D eigenvalue weighted by molar-refractivity contribution is 5.92. The van der Waals surface area contributed by atoms with Gasteiger partial charge in [0.1, 0.15) is 0 Å². The van der Waals surface area contributed by atoms with Gasteiger partial charge in [-0.1, -0.05) is 23.8 Å². The molecule has 1 amide bonds. The number of aryl methyl sites for hydroxylation is 3. The highest BCUT2D eigenvalue weighted by Crippen LogP contribution is 2.37. The van der Waals surface area contributed by atoms with Crippen LogP contribution in [0.1, 0.15) is 28.7 Å². The molecule has 1 N–H and O–H groups in total. The molecular weight excluding hydrogens is 341 g/mol. The summed E-state index contributed by atoms with van der Waals surface area (Å²) in [5, 5.41) is 2.41. The molecule has 6 heteroatoms. The molecule has 0 aliphatic heterocycles. The van der Waals surface area contributed by atoms with Crippen LogP contribution in [0.15, 0.2) is 36.4 Å². The number of nitrogens with one attached hydrogen (secondary N) is 1. The molecule has 0 unspecified atom stereocenters. The van der Waals surface area contributed by atoms with Gasteiger partial charge in [0.2, 0.25) is 5.91 Å². The molecule has 0 aliphatic rings. The summed E-state index contributed by atoms with van der Waals surface area (Å²) in [6, 6.07) is 9.82. The number of anilines is 2. The van der Waals surface area contributed by atoms with Crippen LogP contribution < -0.4 is 10.2 Å². The van der Waals surface area contributed by atoms with Crippen molar-refractivity contribution in [3.05, 3.63) is 58.7 Å². The first-order valence-corrected chi connectivity index (χ1v) is 8.32. The summed E-state index contributed by atoms with van der Waals surface area (Å²) in [6.07, 6.45) is -3.94. The lowest BCUT2D eigenvalue weighted by Gasteiger charge is -2.18. The number of carbonyl (C=O) groups is 1. The topological polar surface area (TPSA) is 32.3 Å². The van der Waals surface area contributed by atoms with Crippen molar-refractivity contribution in [3.63, 3.8) is 0 Å². The van der Waals surface area contributed by atoms with Crippen LogP contribution in [-0.4, -0.2) is 20.0 Å². The van der Waals surface area contributed by atoms with Crippen LogP contribution in [0.3, 0.4) is 0 Å². The molecule has 0 heterocycles. The first kappa shape index (κ1) is 19.8. The second-order valence-electron chi connectivity index (χ2n) is 6.60. The van der Waals surface area contributed by atoms with Gasteiger partial charge in [0.05, 0.1) is 11.3 Å². The molecule has 0 radical (unpaired) electrons. The van der Waals surface area contributed by atoms with E-state index in [1.165, 1.54) is 6.07 Å². The SMILES string of the molecule is Cc1ccc(CCC(=O)Nc2ccc(N(C)C)cc2C(F)(F)F)c(C)c1. The summed E-state index contributed by atoms with van der Waals surface area (Å²) < 4.78 is 39.9. The molecule has 140 valence electrons. The van der Waals surface area contributed by atoms with E-state index in [1.54, 1.807) is 25.1 Å². The fourth-order valence-corrected chi connectivity index (χ4v) is 2.74. The van der Waals surface area contributed by atoms with Gasteiger partial charge in [-0.25, -0.2) is 0 Å². The first-order chi connectivity index (χ1) is 12.1. The van der Waals surface area contributed by atoms with Crippen molar-refractivity contribution in [1.29, 1.82) is 0 Å². The molecule has 0 bridgehead atoms. The van der Waals surface area contributed by atoms with Crippen molar-refractivity contribution in [2.45, 2.75) is 32.9 Å². The predicted octanol–water partition coefficient (Wildman–Crippen LogP) is 4.96. The van der Waals surface area contributed by atoms with E-state index in [-0.39, 0.29) is 12.1 Å². The monoisotopic (exact) mass is 364 g/mol. The third-order valence-electron chi connectivity index (χ3n) is 4.22. The average molecular weight is 364 g/mol. The molecule has 0 aliphatic carbocycles. The first-order valence-electron chi connectivity index (χ1n) is 8.32. The maximum atomic E-state index is 13.3. The van der Waals surface area contributed by atoms with Crippen LogP contribution in [0.4, 0.5) is 24.5 Å². The smallest absolute Gasteiger partial charge is 0.378 e. The molecule has 0 atom stereocenters. The molecule has 26 heavy (non-hydrogen) atoms. The normalized spacial score (nSPS) is 11.3. The minimum atomic E-state index is -4.54. The summed E-state index contributed by atoms with van der Waals surface area (Å²) in [7, 11) is 3.33. The molecule has 0 saturated heterocycles. The number of alkyl halides is 3. The van der Waals surface area contributed by atoms with E-state index < -0.39 is 17.6 Å². The Balaban J connectivity index is 2.13. The fraction of sp³-hybridized carbons (Fsp3) is 0.350. The van der Waals surface area contributed by atoms with E-state index in [4.69, 9.17) is 0 Å². The Bertz CT molecular complexity index is 798. The van der Waals surface area contributed by atoms with Crippen molar-refractivity contribution in [2.24, 2.45) is 0 Å². The molecule has 2 aromatic rings. The Morgan fingerprint density at radius 2 is 1.77 bits per heavy atom.